The Hall–Kier alpha value is -0.590. The van der Waals surface area contributed by atoms with Crippen LogP contribution in [-0.2, 0) is 0 Å². The Labute approximate surface area is 104 Å². The molecule has 1 heterocycles. The predicted octanol–water partition coefficient (Wildman–Crippen LogP) is 1.65. The summed E-state index contributed by atoms with van der Waals surface area (Å²) < 4.78 is 0. The molecule has 0 aliphatic heterocycles. The molecule has 1 aromatic heterocycles. The zero-order valence-corrected chi connectivity index (χ0v) is 11.2. The van der Waals surface area contributed by atoms with Gasteiger partial charge in [0, 0.05) is 11.9 Å². The fourth-order valence-electron chi connectivity index (χ4n) is 1.11. The van der Waals surface area contributed by atoms with E-state index in [1.165, 1.54) is 11.3 Å². The fraction of sp³-hybridized carbons (Fsp3) is 0.600. The number of thioether (sulfide) groups is 1. The van der Waals surface area contributed by atoms with Crippen molar-refractivity contribution in [2.45, 2.75) is 19.4 Å². The average Bonchev–Trinajstić information content (AvgIpc) is 2.73. The molecule has 4 nitrogen and oxygen atoms in total. The normalized spacial score (nSPS) is 12.4. The molecule has 1 unspecified atom stereocenters. The maximum Gasteiger partial charge on any atom is 0.270 e. The topological polar surface area (TPSA) is 68.0 Å². The molecule has 0 saturated carbocycles. The number of thiazole rings is 1. The van der Waals surface area contributed by atoms with Gasteiger partial charge >= 0.3 is 0 Å². The molecule has 1 aromatic rings. The smallest absolute Gasteiger partial charge is 0.270 e. The number of hydrogen-bond donors (Lipinski definition) is 2. The zero-order valence-electron chi connectivity index (χ0n) is 9.53. The van der Waals surface area contributed by atoms with Crippen molar-refractivity contribution < 1.29 is 4.79 Å². The second-order valence-corrected chi connectivity index (χ2v) is 5.34. The van der Waals surface area contributed by atoms with Gasteiger partial charge in [0.25, 0.3) is 5.91 Å². The molecule has 6 heteroatoms. The van der Waals surface area contributed by atoms with E-state index in [0.29, 0.717) is 12.2 Å². The van der Waals surface area contributed by atoms with Crippen LogP contribution in [-0.4, -0.2) is 29.4 Å². The summed E-state index contributed by atoms with van der Waals surface area (Å²) >= 11 is 3.20. The van der Waals surface area contributed by atoms with E-state index in [2.05, 4.69) is 16.6 Å². The SMILES string of the molecule is CSCCCNC(=O)c1csc(C(C)N)n1. The average molecular weight is 259 g/mol. The van der Waals surface area contributed by atoms with Gasteiger partial charge in [-0.25, -0.2) is 4.98 Å². The lowest BCUT2D eigenvalue weighted by Crippen LogP contribution is -2.25. The van der Waals surface area contributed by atoms with E-state index >= 15 is 0 Å². The second kappa shape index (κ2) is 6.88. The third-order valence-corrected chi connectivity index (χ3v) is 3.70. The number of rotatable bonds is 6. The summed E-state index contributed by atoms with van der Waals surface area (Å²) in [7, 11) is 0. The number of nitrogens with two attached hydrogens (primary N) is 1. The molecule has 0 aliphatic rings. The van der Waals surface area contributed by atoms with Crippen LogP contribution in [0, 0.1) is 0 Å². The highest BCUT2D eigenvalue weighted by Gasteiger charge is 2.11. The Kier molecular flexibility index (Phi) is 5.79. The molecule has 0 aromatic carbocycles. The molecule has 90 valence electrons. The maximum absolute atomic E-state index is 11.6. The molecule has 1 rings (SSSR count). The highest BCUT2D eigenvalue weighted by molar-refractivity contribution is 7.98. The van der Waals surface area contributed by atoms with Crippen LogP contribution in [0.1, 0.15) is 34.9 Å². The number of nitrogens with zero attached hydrogens (tertiary/aromatic N) is 1. The number of carbonyl (C=O) groups is 1. The molecule has 3 N–H and O–H groups in total. The lowest BCUT2D eigenvalue weighted by atomic mass is 10.4. The second-order valence-electron chi connectivity index (χ2n) is 3.46. The van der Waals surface area contributed by atoms with Crippen molar-refractivity contribution in [3.05, 3.63) is 16.1 Å². The summed E-state index contributed by atoms with van der Waals surface area (Å²) in [6, 6.07) is -0.108. The molecule has 0 fully saturated rings. The Bertz CT molecular complexity index is 339. The van der Waals surface area contributed by atoms with Gasteiger partial charge in [0.2, 0.25) is 0 Å². The van der Waals surface area contributed by atoms with E-state index in [9.17, 15) is 4.79 Å². The van der Waals surface area contributed by atoms with Crippen molar-refractivity contribution in [3.63, 3.8) is 0 Å². The molecular formula is C10H17N3OS2. The van der Waals surface area contributed by atoms with Gasteiger partial charge in [0.1, 0.15) is 10.7 Å². The summed E-state index contributed by atoms with van der Waals surface area (Å²) in [4.78, 5) is 15.8. The van der Waals surface area contributed by atoms with Gasteiger partial charge in [-0.1, -0.05) is 0 Å². The first-order valence-electron chi connectivity index (χ1n) is 5.13. The highest BCUT2D eigenvalue weighted by atomic mass is 32.2. The van der Waals surface area contributed by atoms with Crippen LogP contribution in [0.5, 0.6) is 0 Å². The Morgan fingerprint density at radius 1 is 1.75 bits per heavy atom. The van der Waals surface area contributed by atoms with E-state index in [0.717, 1.165) is 17.2 Å². The summed E-state index contributed by atoms with van der Waals surface area (Å²) in [6.45, 7) is 2.56. The van der Waals surface area contributed by atoms with E-state index < -0.39 is 0 Å². The van der Waals surface area contributed by atoms with Crippen molar-refractivity contribution in [1.29, 1.82) is 0 Å². The van der Waals surface area contributed by atoms with Crippen LogP contribution in [0.25, 0.3) is 0 Å². The van der Waals surface area contributed by atoms with Crippen LogP contribution >= 0.6 is 23.1 Å². The van der Waals surface area contributed by atoms with Gasteiger partial charge in [-0.3, -0.25) is 4.79 Å². The quantitative estimate of drug-likeness (QED) is 0.762. The first-order valence-corrected chi connectivity index (χ1v) is 7.40. The van der Waals surface area contributed by atoms with Crippen LogP contribution in [0.15, 0.2) is 5.38 Å². The molecule has 0 spiro atoms. The minimum absolute atomic E-state index is 0.107. The van der Waals surface area contributed by atoms with E-state index in [1.807, 2.05) is 6.92 Å². The van der Waals surface area contributed by atoms with Crippen molar-refractivity contribution in [2.24, 2.45) is 5.73 Å². The van der Waals surface area contributed by atoms with Crippen molar-refractivity contribution >= 4 is 29.0 Å². The minimum atomic E-state index is -0.108. The molecule has 0 bridgehead atoms. The van der Waals surface area contributed by atoms with E-state index in [4.69, 9.17) is 5.73 Å². The van der Waals surface area contributed by atoms with E-state index in [-0.39, 0.29) is 11.9 Å². The minimum Gasteiger partial charge on any atom is -0.351 e. The first-order chi connectivity index (χ1) is 7.65. The molecular weight excluding hydrogens is 242 g/mol. The predicted molar refractivity (Wildman–Crippen MR) is 70.0 cm³/mol. The molecule has 0 saturated heterocycles. The number of nitrogens with one attached hydrogen (secondary N) is 1. The van der Waals surface area contributed by atoms with Crippen LogP contribution < -0.4 is 11.1 Å². The lowest BCUT2D eigenvalue weighted by Gasteiger charge is -2.02. The third kappa shape index (κ3) is 4.11. The summed E-state index contributed by atoms with van der Waals surface area (Å²) in [6.07, 6.45) is 3.04. The van der Waals surface area contributed by atoms with Gasteiger partial charge in [0.05, 0.1) is 6.04 Å². The number of carbonyl (C=O) groups excluding carboxylic acids is 1. The van der Waals surface area contributed by atoms with Gasteiger partial charge in [-0.15, -0.1) is 11.3 Å². The standard InChI is InChI=1S/C10H17N3OS2/c1-7(11)10-13-8(6-16-10)9(14)12-4-3-5-15-2/h6-7H,3-5,11H2,1-2H3,(H,12,14). The Morgan fingerprint density at radius 2 is 2.50 bits per heavy atom. The Morgan fingerprint density at radius 3 is 3.06 bits per heavy atom. The fourth-order valence-corrected chi connectivity index (χ4v) is 2.30. The largest absolute Gasteiger partial charge is 0.351 e. The van der Waals surface area contributed by atoms with Gasteiger partial charge < -0.3 is 11.1 Å². The van der Waals surface area contributed by atoms with Gasteiger partial charge in [0.15, 0.2) is 0 Å². The number of hydrogen-bond acceptors (Lipinski definition) is 5. The van der Waals surface area contributed by atoms with Crippen molar-refractivity contribution in [2.75, 3.05) is 18.6 Å². The number of aromatic nitrogens is 1. The van der Waals surface area contributed by atoms with Gasteiger partial charge in [-0.05, 0) is 25.4 Å². The maximum atomic E-state index is 11.6. The third-order valence-electron chi connectivity index (χ3n) is 1.95. The molecule has 0 radical (unpaired) electrons. The van der Waals surface area contributed by atoms with Gasteiger partial charge in [-0.2, -0.15) is 11.8 Å². The van der Waals surface area contributed by atoms with Crippen molar-refractivity contribution in [1.82, 2.24) is 10.3 Å². The molecule has 16 heavy (non-hydrogen) atoms. The first kappa shape index (κ1) is 13.5. The lowest BCUT2D eigenvalue weighted by molar-refractivity contribution is 0.0949. The van der Waals surface area contributed by atoms with E-state index in [1.54, 1.807) is 17.1 Å². The van der Waals surface area contributed by atoms with Crippen LogP contribution in [0.2, 0.25) is 0 Å². The van der Waals surface area contributed by atoms with Crippen molar-refractivity contribution in [3.8, 4) is 0 Å². The molecule has 0 aliphatic carbocycles. The number of amides is 1. The highest BCUT2D eigenvalue weighted by Crippen LogP contribution is 2.15. The molecule has 1 amide bonds. The summed E-state index contributed by atoms with van der Waals surface area (Å²) in [5.41, 5.74) is 6.15. The monoisotopic (exact) mass is 259 g/mol. The van der Waals surface area contributed by atoms with Crippen LogP contribution in [0.4, 0.5) is 0 Å². The van der Waals surface area contributed by atoms with Crippen LogP contribution in [0.3, 0.4) is 0 Å². The summed E-state index contributed by atoms with van der Waals surface area (Å²) in [5, 5.41) is 5.39. The summed E-state index contributed by atoms with van der Waals surface area (Å²) in [5.74, 6) is 0.951. The zero-order chi connectivity index (χ0) is 12.0. The molecule has 1 atom stereocenters. The Balaban J connectivity index is 2.40.